The first kappa shape index (κ1) is 11.6. The molecule has 1 aromatic heterocycles. The van der Waals surface area contributed by atoms with Gasteiger partial charge in [-0.2, -0.15) is 0 Å². The van der Waals surface area contributed by atoms with E-state index in [9.17, 15) is 4.79 Å². The van der Waals surface area contributed by atoms with Crippen molar-refractivity contribution in [3.05, 3.63) is 51.0 Å². The summed E-state index contributed by atoms with van der Waals surface area (Å²) in [5.74, 6) is 0.282. The summed E-state index contributed by atoms with van der Waals surface area (Å²) < 4.78 is 0. The third-order valence-corrected chi connectivity index (χ3v) is 4.39. The second kappa shape index (κ2) is 4.65. The van der Waals surface area contributed by atoms with Gasteiger partial charge in [-0.05, 0) is 25.3 Å². The van der Waals surface area contributed by atoms with Crippen molar-refractivity contribution in [1.29, 1.82) is 0 Å². The van der Waals surface area contributed by atoms with Gasteiger partial charge < -0.3 is 0 Å². The average Bonchev–Trinajstić information content (AvgIpc) is 2.73. The minimum atomic E-state index is 0.282. The van der Waals surface area contributed by atoms with E-state index in [-0.39, 0.29) is 5.78 Å². The van der Waals surface area contributed by atoms with Crippen LogP contribution in [0.25, 0.3) is 0 Å². The van der Waals surface area contributed by atoms with Crippen LogP contribution < -0.4 is 0 Å². The van der Waals surface area contributed by atoms with Crippen molar-refractivity contribution in [2.45, 2.75) is 32.6 Å². The molecule has 1 aliphatic rings. The van der Waals surface area contributed by atoms with Crippen LogP contribution in [-0.2, 0) is 12.8 Å². The summed E-state index contributed by atoms with van der Waals surface area (Å²) in [4.78, 5) is 17.3. The Morgan fingerprint density at radius 2 is 2.22 bits per heavy atom. The molecule has 0 fully saturated rings. The first-order valence-corrected chi connectivity index (χ1v) is 7.11. The third-order valence-electron chi connectivity index (χ3n) is 3.25. The zero-order valence-electron chi connectivity index (χ0n) is 10.4. The van der Waals surface area contributed by atoms with E-state index in [2.05, 4.69) is 36.2 Å². The quantitative estimate of drug-likeness (QED) is 0.823. The number of aryl methyl sites for hydroxylation is 2. The first-order chi connectivity index (χ1) is 8.72. The minimum absolute atomic E-state index is 0.282. The highest BCUT2D eigenvalue weighted by molar-refractivity contribution is 7.13. The van der Waals surface area contributed by atoms with E-state index in [1.54, 1.807) is 11.3 Å². The fourth-order valence-electron chi connectivity index (χ4n) is 2.39. The van der Waals surface area contributed by atoms with Crippen molar-refractivity contribution in [3.8, 4) is 0 Å². The number of fused-ring (bicyclic) bond motifs is 1. The molecule has 1 aliphatic carbocycles. The molecule has 2 aromatic rings. The summed E-state index contributed by atoms with van der Waals surface area (Å²) >= 11 is 1.58. The Kier molecular flexibility index (Phi) is 3.00. The highest BCUT2D eigenvalue weighted by atomic mass is 32.1. The number of carbonyl (C=O) groups is 1. The number of nitrogens with zero attached hydrogens (tertiary/aromatic N) is 1. The number of rotatable bonds is 2. The van der Waals surface area contributed by atoms with Gasteiger partial charge in [-0.25, -0.2) is 4.98 Å². The SMILES string of the molecule is Cc1cccc(Cc2nc3c(s2)C(=O)CCC3)c1. The zero-order valence-corrected chi connectivity index (χ0v) is 11.2. The predicted octanol–water partition coefficient (Wildman–Crippen LogP) is 3.56. The highest BCUT2D eigenvalue weighted by Crippen LogP contribution is 2.28. The Labute approximate surface area is 111 Å². The van der Waals surface area contributed by atoms with Crippen LogP contribution in [0.5, 0.6) is 0 Å². The van der Waals surface area contributed by atoms with E-state index < -0.39 is 0 Å². The number of ketones is 1. The fourth-order valence-corrected chi connectivity index (χ4v) is 3.50. The summed E-state index contributed by atoms with van der Waals surface area (Å²) in [6, 6.07) is 8.47. The molecule has 92 valence electrons. The summed E-state index contributed by atoms with van der Waals surface area (Å²) in [5, 5.41) is 1.07. The maximum absolute atomic E-state index is 11.8. The lowest BCUT2D eigenvalue weighted by molar-refractivity contribution is 0.0976. The second-order valence-corrected chi connectivity index (χ2v) is 5.91. The molecule has 0 spiro atoms. The van der Waals surface area contributed by atoms with E-state index in [0.29, 0.717) is 6.42 Å². The van der Waals surface area contributed by atoms with E-state index in [1.165, 1.54) is 11.1 Å². The van der Waals surface area contributed by atoms with Crippen LogP contribution in [0.3, 0.4) is 0 Å². The molecule has 2 nitrogen and oxygen atoms in total. The van der Waals surface area contributed by atoms with Gasteiger partial charge in [-0.15, -0.1) is 11.3 Å². The predicted molar refractivity (Wildman–Crippen MR) is 73.4 cm³/mol. The van der Waals surface area contributed by atoms with Crippen molar-refractivity contribution in [3.63, 3.8) is 0 Å². The largest absolute Gasteiger partial charge is 0.293 e. The van der Waals surface area contributed by atoms with E-state index in [4.69, 9.17) is 0 Å². The molecule has 0 saturated heterocycles. The number of thiazole rings is 1. The minimum Gasteiger partial charge on any atom is -0.293 e. The molecule has 3 heteroatoms. The molecular weight excluding hydrogens is 242 g/mol. The van der Waals surface area contributed by atoms with Crippen molar-refractivity contribution >= 4 is 17.1 Å². The number of aromatic nitrogens is 1. The Morgan fingerprint density at radius 1 is 1.33 bits per heavy atom. The van der Waals surface area contributed by atoms with Crippen LogP contribution in [0.1, 0.15) is 44.3 Å². The molecule has 1 heterocycles. The van der Waals surface area contributed by atoms with E-state index in [0.717, 1.165) is 34.8 Å². The van der Waals surface area contributed by atoms with Crippen LogP contribution in [0.4, 0.5) is 0 Å². The molecule has 3 rings (SSSR count). The van der Waals surface area contributed by atoms with Gasteiger partial charge in [0.05, 0.1) is 15.6 Å². The molecule has 0 N–H and O–H groups in total. The number of Topliss-reactive ketones (excluding diaryl/α,β-unsaturated/α-hetero) is 1. The molecule has 0 atom stereocenters. The van der Waals surface area contributed by atoms with Crippen LogP contribution in [0, 0.1) is 6.92 Å². The molecule has 18 heavy (non-hydrogen) atoms. The van der Waals surface area contributed by atoms with Crippen molar-refractivity contribution in [2.75, 3.05) is 0 Å². The topological polar surface area (TPSA) is 30.0 Å². The molecule has 0 radical (unpaired) electrons. The van der Waals surface area contributed by atoms with Crippen molar-refractivity contribution in [1.82, 2.24) is 4.98 Å². The van der Waals surface area contributed by atoms with Gasteiger partial charge in [-0.3, -0.25) is 4.79 Å². The summed E-state index contributed by atoms with van der Waals surface area (Å²) in [7, 11) is 0. The number of hydrogen-bond acceptors (Lipinski definition) is 3. The van der Waals surface area contributed by atoms with E-state index >= 15 is 0 Å². The molecule has 0 saturated carbocycles. The smallest absolute Gasteiger partial charge is 0.174 e. The molecule has 1 aromatic carbocycles. The monoisotopic (exact) mass is 257 g/mol. The summed E-state index contributed by atoms with van der Waals surface area (Å²) in [5.41, 5.74) is 3.57. The summed E-state index contributed by atoms with van der Waals surface area (Å²) in [6.45, 7) is 2.10. The van der Waals surface area contributed by atoms with Crippen molar-refractivity contribution < 1.29 is 4.79 Å². The van der Waals surface area contributed by atoms with Gasteiger partial charge >= 0.3 is 0 Å². The standard InChI is InChI=1S/C15H15NOS/c1-10-4-2-5-11(8-10)9-14-16-12-6-3-7-13(17)15(12)18-14/h2,4-5,8H,3,6-7,9H2,1H3. The zero-order chi connectivity index (χ0) is 12.5. The maximum Gasteiger partial charge on any atom is 0.174 e. The van der Waals surface area contributed by atoms with Gasteiger partial charge in [-0.1, -0.05) is 29.8 Å². The maximum atomic E-state index is 11.8. The Bertz CT molecular complexity index is 600. The van der Waals surface area contributed by atoms with E-state index in [1.807, 2.05) is 0 Å². The van der Waals surface area contributed by atoms with Crippen LogP contribution in [0.15, 0.2) is 24.3 Å². The Hall–Kier alpha value is -1.48. The lowest BCUT2D eigenvalue weighted by atomic mass is 10.0. The van der Waals surface area contributed by atoms with Gasteiger partial charge in [0.25, 0.3) is 0 Å². The van der Waals surface area contributed by atoms with Crippen LogP contribution in [0.2, 0.25) is 0 Å². The van der Waals surface area contributed by atoms with Gasteiger partial charge in [0.1, 0.15) is 0 Å². The number of benzene rings is 1. The average molecular weight is 257 g/mol. The van der Waals surface area contributed by atoms with Crippen molar-refractivity contribution in [2.24, 2.45) is 0 Å². The molecule has 0 unspecified atom stereocenters. The number of hydrogen-bond donors (Lipinski definition) is 0. The number of carbonyl (C=O) groups excluding carboxylic acids is 1. The highest BCUT2D eigenvalue weighted by Gasteiger charge is 2.21. The normalized spacial score (nSPS) is 14.6. The molecular formula is C15H15NOS. The first-order valence-electron chi connectivity index (χ1n) is 6.30. The van der Waals surface area contributed by atoms with Gasteiger partial charge in [0.2, 0.25) is 0 Å². The Balaban J connectivity index is 1.88. The van der Waals surface area contributed by atoms with Crippen LogP contribution in [-0.4, -0.2) is 10.8 Å². The fraction of sp³-hybridized carbons (Fsp3) is 0.333. The summed E-state index contributed by atoms with van der Waals surface area (Å²) in [6.07, 6.45) is 3.45. The molecule has 0 amide bonds. The Morgan fingerprint density at radius 3 is 3.00 bits per heavy atom. The second-order valence-electron chi connectivity index (χ2n) is 4.83. The molecule has 0 bridgehead atoms. The van der Waals surface area contributed by atoms with Crippen LogP contribution >= 0.6 is 11.3 Å². The lowest BCUT2D eigenvalue weighted by Crippen LogP contribution is -2.07. The lowest BCUT2D eigenvalue weighted by Gasteiger charge is -2.06. The third kappa shape index (κ3) is 2.23. The van der Waals surface area contributed by atoms with Gasteiger partial charge in [0, 0.05) is 12.8 Å². The van der Waals surface area contributed by atoms with Gasteiger partial charge in [0.15, 0.2) is 5.78 Å². The molecule has 0 aliphatic heterocycles.